The van der Waals surface area contributed by atoms with Gasteiger partial charge in [-0.2, -0.15) is 0 Å². The molecular formula is C23H20FN3O2S. The van der Waals surface area contributed by atoms with Gasteiger partial charge in [0.15, 0.2) is 0 Å². The van der Waals surface area contributed by atoms with E-state index in [1.54, 1.807) is 19.1 Å². The summed E-state index contributed by atoms with van der Waals surface area (Å²) < 4.78 is 14.7. The second-order valence-corrected chi connectivity index (χ2v) is 8.24. The highest BCUT2D eigenvalue weighted by Gasteiger charge is 2.19. The molecule has 1 amide bonds. The lowest BCUT2D eigenvalue weighted by Crippen LogP contribution is -2.33. The van der Waals surface area contributed by atoms with Gasteiger partial charge in [0, 0.05) is 17.0 Å². The Hall–Kier alpha value is -3.32. The normalized spacial score (nSPS) is 11.0. The van der Waals surface area contributed by atoms with Gasteiger partial charge in [-0.1, -0.05) is 42.5 Å². The summed E-state index contributed by atoms with van der Waals surface area (Å²) >= 11 is 1.42. The zero-order valence-corrected chi connectivity index (χ0v) is 17.4. The Morgan fingerprint density at radius 3 is 2.50 bits per heavy atom. The van der Waals surface area contributed by atoms with Crippen molar-refractivity contribution in [2.24, 2.45) is 0 Å². The molecule has 0 bridgehead atoms. The molecule has 0 spiro atoms. The van der Waals surface area contributed by atoms with E-state index in [1.165, 1.54) is 28.0 Å². The summed E-state index contributed by atoms with van der Waals surface area (Å²) in [6.45, 7) is 3.91. The molecule has 1 N–H and O–H groups in total. The Morgan fingerprint density at radius 1 is 1.10 bits per heavy atom. The highest BCUT2D eigenvalue weighted by Crippen LogP contribution is 2.35. The van der Waals surface area contributed by atoms with Crippen LogP contribution in [0.1, 0.15) is 16.3 Å². The van der Waals surface area contributed by atoms with E-state index in [1.807, 2.05) is 37.3 Å². The maximum absolute atomic E-state index is 13.4. The number of carbonyl (C=O) groups excluding carboxylic acids is 1. The number of hydrogen-bond acceptors (Lipinski definition) is 4. The zero-order chi connectivity index (χ0) is 21.3. The van der Waals surface area contributed by atoms with Crippen molar-refractivity contribution in [1.29, 1.82) is 0 Å². The fraction of sp³-hybridized carbons (Fsp3) is 0.174. The number of rotatable bonds is 5. The van der Waals surface area contributed by atoms with Crippen LogP contribution in [0.25, 0.3) is 21.3 Å². The molecule has 2 aromatic heterocycles. The number of benzene rings is 2. The molecule has 0 fully saturated rings. The average molecular weight is 421 g/mol. The zero-order valence-electron chi connectivity index (χ0n) is 16.6. The average Bonchev–Trinajstić information content (AvgIpc) is 3.06. The molecule has 0 saturated heterocycles. The summed E-state index contributed by atoms with van der Waals surface area (Å²) in [5, 5.41) is 3.31. The van der Waals surface area contributed by atoms with E-state index in [2.05, 4.69) is 10.3 Å². The molecule has 0 radical (unpaired) electrons. The number of nitrogens with one attached hydrogen (secondary N) is 1. The third kappa shape index (κ3) is 3.89. The van der Waals surface area contributed by atoms with Gasteiger partial charge < -0.3 is 5.32 Å². The number of amides is 1. The SMILES string of the molecule is Cc1sc2nc(C)n(CC(=O)NCc3ccccc3)c(=O)c2c1-c1ccc(F)cc1. The van der Waals surface area contributed by atoms with Crippen LogP contribution >= 0.6 is 11.3 Å². The first-order valence-electron chi connectivity index (χ1n) is 9.51. The van der Waals surface area contributed by atoms with Gasteiger partial charge in [0.1, 0.15) is 23.0 Å². The van der Waals surface area contributed by atoms with Gasteiger partial charge in [0.2, 0.25) is 5.91 Å². The second-order valence-electron chi connectivity index (χ2n) is 7.03. The van der Waals surface area contributed by atoms with E-state index < -0.39 is 0 Å². The molecule has 30 heavy (non-hydrogen) atoms. The van der Waals surface area contributed by atoms with Crippen LogP contribution in [0.2, 0.25) is 0 Å². The minimum Gasteiger partial charge on any atom is -0.350 e. The maximum Gasteiger partial charge on any atom is 0.263 e. The largest absolute Gasteiger partial charge is 0.350 e. The van der Waals surface area contributed by atoms with Gasteiger partial charge in [-0.05, 0) is 37.1 Å². The smallest absolute Gasteiger partial charge is 0.263 e. The van der Waals surface area contributed by atoms with E-state index in [0.29, 0.717) is 22.6 Å². The highest BCUT2D eigenvalue weighted by atomic mass is 32.1. The molecule has 2 aromatic carbocycles. The van der Waals surface area contributed by atoms with Gasteiger partial charge in [0.25, 0.3) is 5.56 Å². The van der Waals surface area contributed by atoms with E-state index in [9.17, 15) is 14.0 Å². The summed E-state index contributed by atoms with van der Waals surface area (Å²) in [5.74, 6) is -0.118. The Morgan fingerprint density at radius 2 is 1.80 bits per heavy atom. The number of hydrogen-bond donors (Lipinski definition) is 1. The highest BCUT2D eigenvalue weighted by molar-refractivity contribution is 7.19. The van der Waals surface area contributed by atoms with Crippen molar-refractivity contribution < 1.29 is 9.18 Å². The Balaban J connectivity index is 1.68. The first-order chi connectivity index (χ1) is 14.4. The second kappa shape index (κ2) is 8.20. The molecule has 0 aliphatic heterocycles. The first kappa shape index (κ1) is 20.0. The van der Waals surface area contributed by atoms with Crippen LogP contribution in [-0.2, 0) is 17.9 Å². The standard InChI is InChI=1S/C23H20FN3O2S/c1-14-20(17-8-10-18(24)11-9-17)21-22(30-14)26-15(2)27(23(21)29)13-19(28)25-12-16-6-4-3-5-7-16/h3-11H,12-13H2,1-2H3,(H,25,28). The van der Waals surface area contributed by atoms with Crippen molar-refractivity contribution in [3.05, 3.63) is 87.0 Å². The molecule has 7 heteroatoms. The number of thiophene rings is 1. The number of aromatic nitrogens is 2. The van der Waals surface area contributed by atoms with Crippen molar-refractivity contribution in [3.63, 3.8) is 0 Å². The molecule has 0 aliphatic carbocycles. The lowest BCUT2D eigenvalue weighted by atomic mass is 10.0. The van der Waals surface area contributed by atoms with E-state index in [-0.39, 0.29) is 23.8 Å². The van der Waals surface area contributed by atoms with Gasteiger partial charge >= 0.3 is 0 Å². The number of halogens is 1. The molecule has 4 aromatic rings. The lowest BCUT2D eigenvalue weighted by molar-refractivity contribution is -0.121. The third-order valence-corrected chi connectivity index (χ3v) is 5.94. The molecule has 5 nitrogen and oxygen atoms in total. The van der Waals surface area contributed by atoms with E-state index >= 15 is 0 Å². The summed E-state index contributed by atoms with van der Waals surface area (Å²) in [4.78, 5) is 31.9. The monoisotopic (exact) mass is 421 g/mol. The fourth-order valence-electron chi connectivity index (χ4n) is 3.44. The molecule has 0 aliphatic rings. The van der Waals surface area contributed by atoms with Crippen molar-refractivity contribution >= 4 is 27.5 Å². The van der Waals surface area contributed by atoms with Crippen LogP contribution in [0, 0.1) is 19.7 Å². The summed E-state index contributed by atoms with van der Waals surface area (Å²) in [7, 11) is 0. The number of aryl methyl sites for hydroxylation is 2. The minimum absolute atomic E-state index is 0.113. The van der Waals surface area contributed by atoms with Crippen molar-refractivity contribution in [2.75, 3.05) is 0 Å². The van der Waals surface area contributed by atoms with Crippen molar-refractivity contribution in [2.45, 2.75) is 26.9 Å². The predicted molar refractivity (Wildman–Crippen MR) is 117 cm³/mol. The topological polar surface area (TPSA) is 64.0 Å². The summed E-state index contributed by atoms with van der Waals surface area (Å²) in [5.41, 5.74) is 2.21. The Kier molecular flexibility index (Phi) is 5.46. The van der Waals surface area contributed by atoms with Crippen LogP contribution in [0.4, 0.5) is 4.39 Å². The van der Waals surface area contributed by atoms with Crippen LogP contribution in [0.5, 0.6) is 0 Å². The van der Waals surface area contributed by atoms with Crippen LogP contribution < -0.4 is 10.9 Å². The molecule has 0 unspecified atom stereocenters. The van der Waals surface area contributed by atoms with Gasteiger partial charge in [-0.15, -0.1) is 11.3 Å². The van der Waals surface area contributed by atoms with E-state index in [0.717, 1.165) is 21.6 Å². The lowest BCUT2D eigenvalue weighted by Gasteiger charge is -2.11. The number of carbonyl (C=O) groups is 1. The van der Waals surface area contributed by atoms with Crippen LogP contribution in [-0.4, -0.2) is 15.5 Å². The number of nitrogens with zero attached hydrogens (tertiary/aromatic N) is 2. The quantitative estimate of drug-likeness (QED) is 0.525. The number of fused-ring (bicyclic) bond motifs is 1. The van der Waals surface area contributed by atoms with E-state index in [4.69, 9.17) is 0 Å². The van der Waals surface area contributed by atoms with Crippen LogP contribution in [0.15, 0.2) is 59.4 Å². The third-order valence-electron chi connectivity index (χ3n) is 4.95. The van der Waals surface area contributed by atoms with Gasteiger partial charge in [0.05, 0.1) is 5.39 Å². The fourth-order valence-corrected chi connectivity index (χ4v) is 4.52. The molecule has 0 atom stereocenters. The molecule has 4 rings (SSSR count). The van der Waals surface area contributed by atoms with Crippen molar-refractivity contribution in [3.8, 4) is 11.1 Å². The minimum atomic E-state index is -0.336. The van der Waals surface area contributed by atoms with Crippen LogP contribution in [0.3, 0.4) is 0 Å². The molecule has 2 heterocycles. The summed E-state index contributed by atoms with van der Waals surface area (Å²) in [6.07, 6.45) is 0. The molecular weight excluding hydrogens is 401 g/mol. The Bertz CT molecular complexity index is 1280. The Labute approximate surface area is 176 Å². The van der Waals surface area contributed by atoms with Gasteiger partial charge in [-0.3, -0.25) is 14.2 Å². The molecule has 0 saturated carbocycles. The first-order valence-corrected chi connectivity index (χ1v) is 10.3. The predicted octanol–water partition coefficient (Wildman–Crippen LogP) is 4.20. The van der Waals surface area contributed by atoms with Crippen molar-refractivity contribution in [1.82, 2.24) is 14.9 Å². The molecule has 152 valence electrons. The maximum atomic E-state index is 13.4. The van der Waals surface area contributed by atoms with Gasteiger partial charge in [-0.25, -0.2) is 9.37 Å². The summed E-state index contributed by atoms with van der Waals surface area (Å²) in [6, 6.07) is 15.6.